The van der Waals surface area contributed by atoms with Crippen LogP contribution in [0.5, 0.6) is 0 Å². The van der Waals surface area contributed by atoms with Crippen LogP contribution >= 0.6 is 0 Å². The van der Waals surface area contributed by atoms with E-state index in [2.05, 4.69) is 0 Å². The van der Waals surface area contributed by atoms with E-state index in [4.69, 9.17) is 10.4 Å². The number of nitrogens with zero attached hydrogens (tertiary/aromatic N) is 2. The molecule has 1 atom stereocenters. The van der Waals surface area contributed by atoms with Crippen LogP contribution in [0, 0.1) is 11.6 Å². The summed E-state index contributed by atoms with van der Waals surface area (Å²) < 4.78 is 50.8. The quantitative estimate of drug-likeness (QED) is 0.546. The van der Waals surface area contributed by atoms with Gasteiger partial charge in [-0.1, -0.05) is 23.4 Å². The summed E-state index contributed by atoms with van der Waals surface area (Å²) in [6, 6.07) is 6.15. The first kappa shape index (κ1) is 21.7. The zero-order chi connectivity index (χ0) is 21.3. The summed E-state index contributed by atoms with van der Waals surface area (Å²) in [6.45, 7) is 0.537. The van der Waals surface area contributed by atoms with Gasteiger partial charge < -0.3 is 4.57 Å². The maximum absolute atomic E-state index is 14.4. The van der Waals surface area contributed by atoms with Crippen LogP contribution in [0.4, 0.5) is 8.78 Å². The van der Waals surface area contributed by atoms with E-state index in [1.807, 2.05) is 0 Å². The molecule has 0 radical (unpaired) electrons. The third-order valence-electron chi connectivity index (χ3n) is 4.52. The number of pyridine rings is 1. The van der Waals surface area contributed by atoms with Gasteiger partial charge in [0.15, 0.2) is 14.6 Å². The summed E-state index contributed by atoms with van der Waals surface area (Å²) in [5.74, 6) is -3.17. The largest absolute Gasteiger partial charge is 0.312 e. The van der Waals surface area contributed by atoms with Crippen LogP contribution in [0.3, 0.4) is 0 Å². The molecule has 0 bridgehead atoms. The van der Waals surface area contributed by atoms with Crippen molar-refractivity contribution in [3.05, 3.63) is 58.5 Å². The molecular weight excluding hydrogens is 398 g/mol. The molecule has 0 spiro atoms. The van der Waals surface area contributed by atoms with E-state index in [9.17, 15) is 26.8 Å². The Bertz CT molecular complexity index is 1070. The van der Waals surface area contributed by atoms with Crippen LogP contribution < -0.4 is 5.56 Å². The predicted molar refractivity (Wildman–Crippen MR) is 94.3 cm³/mol. The highest BCUT2D eigenvalue weighted by atomic mass is 32.2. The molecule has 1 aromatic carbocycles. The summed E-state index contributed by atoms with van der Waals surface area (Å²) in [6.07, 6.45) is 0.951. The molecule has 2 N–H and O–H groups in total. The van der Waals surface area contributed by atoms with Gasteiger partial charge in [-0.25, -0.2) is 17.2 Å². The lowest BCUT2D eigenvalue weighted by Crippen LogP contribution is -2.50. The molecule has 0 aliphatic heterocycles. The van der Waals surface area contributed by atoms with Crippen LogP contribution in [0.15, 0.2) is 41.3 Å². The fourth-order valence-corrected chi connectivity index (χ4v) is 3.46. The molecule has 11 heteroatoms. The first-order chi connectivity index (χ1) is 12.9. The molecule has 1 heterocycles. The van der Waals surface area contributed by atoms with Gasteiger partial charge in [0.25, 0.3) is 11.5 Å². The number of hydroxylamine groups is 2. The highest BCUT2D eigenvalue weighted by molar-refractivity contribution is 7.92. The van der Waals surface area contributed by atoms with Crippen LogP contribution in [0.25, 0.3) is 11.1 Å². The van der Waals surface area contributed by atoms with Gasteiger partial charge >= 0.3 is 0 Å². The van der Waals surface area contributed by atoms with E-state index < -0.39 is 55.9 Å². The lowest BCUT2D eigenvalue weighted by atomic mass is 10.0. The minimum atomic E-state index is -4.13. The third kappa shape index (κ3) is 4.11. The molecule has 1 amide bonds. The van der Waals surface area contributed by atoms with Crippen molar-refractivity contribution in [3.8, 4) is 11.1 Å². The van der Waals surface area contributed by atoms with Crippen molar-refractivity contribution in [3.63, 3.8) is 0 Å². The molecule has 28 heavy (non-hydrogen) atoms. The number of halogens is 2. The summed E-state index contributed by atoms with van der Waals surface area (Å²) in [5.41, 5.74) is -1.14. The van der Waals surface area contributed by atoms with E-state index in [-0.39, 0.29) is 11.1 Å². The maximum atomic E-state index is 14.4. The van der Waals surface area contributed by atoms with Gasteiger partial charge in [0.05, 0.1) is 0 Å². The topological polar surface area (TPSA) is 117 Å². The SMILES string of the molecule is CC(CCn1cc(F)c(-c2ccccc2F)cc1=O)(C(=O)N(O)O)S(C)(=O)=O. The highest BCUT2D eigenvalue weighted by Gasteiger charge is 2.46. The highest BCUT2D eigenvalue weighted by Crippen LogP contribution is 2.26. The predicted octanol–water partition coefficient (Wildman–Crippen LogP) is 1.59. The van der Waals surface area contributed by atoms with Crippen molar-refractivity contribution >= 4 is 15.7 Å². The Morgan fingerprint density at radius 2 is 1.79 bits per heavy atom. The van der Waals surface area contributed by atoms with E-state index in [1.165, 1.54) is 18.2 Å². The Morgan fingerprint density at radius 3 is 2.32 bits per heavy atom. The van der Waals surface area contributed by atoms with Crippen molar-refractivity contribution in [2.75, 3.05) is 6.26 Å². The first-order valence-corrected chi connectivity index (χ1v) is 9.84. The Morgan fingerprint density at radius 1 is 1.18 bits per heavy atom. The number of hydrogen-bond acceptors (Lipinski definition) is 6. The third-order valence-corrected chi connectivity index (χ3v) is 6.54. The van der Waals surface area contributed by atoms with Gasteiger partial charge in [0.2, 0.25) is 0 Å². The molecule has 1 aromatic heterocycles. The van der Waals surface area contributed by atoms with E-state index >= 15 is 0 Å². The summed E-state index contributed by atoms with van der Waals surface area (Å²) in [5, 5.41) is 17.0. The molecule has 2 aromatic rings. The van der Waals surface area contributed by atoms with Crippen molar-refractivity contribution in [1.82, 2.24) is 9.79 Å². The number of carbonyl (C=O) groups is 1. The van der Waals surface area contributed by atoms with Gasteiger partial charge in [-0.3, -0.25) is 20.0 Å². The van der Waals surface area contributed by atoms with Crippen LogP contribution in [-0.4, -0.2) is 45.5 Å². The Balaban J connectivity index is 2.40. The van der Waals surface area contributed by atoms with Crippen LogP contribution in [0.1, 0.15) is 13.3 Å². The summed E-state index contributed by atoms with van der Waals surface area (Å²) >= 11 is 0. The molecule has 0 aliphatic carbocycles. The average Bonchev–Trinajstić information content (AvgIpc) is 2.60. The van der Waals surface area contributed by atoms with E-state index in [0.717, 1.165) is 36.1 Å². The van der Waals surface area contributed by atoms with Crippen molar-refractivity contribution in [2.45, 2.75) is 24.6 Å². The lowest BCUT2D eigenvalue weighted by molar-refractivity contribution is -0.287. The summed E-state index contributed by atoms with van der Waals surface area (Å²) in [7, 11) is -4.13. The number of sulfone groups is 1. The smallest absolute Gasteiger partial charge is 0.293 e. The number of hydrogen-bond donors (Lipinski definition) is 2. The van der Waals surface area contributed by atoms with Gasteiger partial charge in [-0.15, -0.1) is 0 Å². The fraction of sp³-hybridized carbons (Fsp3) is 0.294. The second kappa shape index (κ2) is 7.78. The molecule has 8 nitrogen and oxygen atoms in total. The minimum Gasteiger partial charge on any atom is -0.312 e. The molecule has 0 saturated heterocycles. The number of rotatable bonds is 6. The van der Waals surface area contributed by atoms with Crippen LogP contribution in [-0.2, 0) is 21.2 Å². The Kier molecular flexibility index (Phi) is 6.02. The Hall–Kier alpha value is -2.63. The number of aromatic nitrogens is 1. The molecule has 0 aliphatic rings. The average molecular weight is 416 g/mol. The van der Waals surface area contributed by atoms with Crippen molar-refractivity contribution in [1.29, 1.82) is 0 Å². The lowest BCUT2D eigenvalue weighted by Gasteiger charge is -2.27. The normalized spacial score (nSPS) is 13.8. The monoisotopic (exact) mass is 416 g/mol. The van der Waals surface area contributed by atoms with Crippen molar-refractivity contribution < 1.29 is 32.4 Å². The van der Waals surface area contributed by atoms with Crippen molar-refractivity contribution in [2.24, 2.45) is 0 Å². The second-order valence-electron chi connectivity index (χ2n) is 6.39. The second-order valence-corrected chi connectivity index (χ2v) is 8.84. The molecule has 0 fully saturated rings. The minimum absolute atomic E-state index is 0.114. The molecule has 2 rings (SSSR count). The number of benzene rings is 1. The van der Waals surface area contributed by atoms with Crippen LogP contribution in [0.2, 0.25) is 0 Å². The van der Waals surface area contributed by atoms with Gasteiger partial charge in [-0.2, -0.15) is 0 Å². The zero-order valence-corrected chi connectivity index (χ0v) is 15.8. The Labute approximate surface area is 159 Å². The standard InChI is InChI=1S/C17H18F2N2O6S/c1-17(28(2,26)27,16(23)21(24)25)7-8-20-10-14(19)12(9-15(20)22)11-5-3-4-6-13(11)18/h3-6,9-10,24-25H,7-8H2,1-2H3. The number of carbonyl (C=O) groups excluding carboxylic acids is 1. The van der Waals surface area contributed by atoms with E-state index in [0.29, 0.717) is 0 Å². The van der Waals surface area contributed by atoms with Gasteiger partial charge in [0, 0.05) is 36.2 Å². The first-order valence-electron chi connectivity index (χ1n) is 7.95. The van der Waals surface area contributed by atoms with E-state index in [1.54, 1.807) is 0 Å². The van der Waals surface area contributed by atoms with Gasteiger partial charge in [-0.05, 0) is 19.4 Å². The molecule has 152 valence electrons. The summed E-state index contributed by atoms with van der Waals surface area (Å²) in [4.78, 5) is 24.2. The fourth-order valence-electron chi connectivity index (χ4n) is 2.60. The molecule has 0 saturated carbocycles. The molecular formula is C17H18F2N2O6S. The van der Waals surface area contributed by atoms with Gasteiger partial charge in [0.1, 0.15) is 11.6 Å². The zero-order valence-electron chi connectivity index (χ0n) is 15.0. The number of aryl methyl sites for hydroxylation is 1. The maximum Gasteiger partial charge on any atom is 0.293 e. The molecule has 1 unspecified atom stereocenters. The number of amides is 1.